The summed E-state index contributed by atoms with van der Waals surface area (Å²) in [6.07, 6.45) is 2.19. The number of fused-ring (bicyclic) bond motifs is 3. The van der Waals surface area contributed by atoms with Gasteiger partial charge in [0.15, 0.2) is 11.5 Å². The highest BCUT2D eigenvalue weighted by molar-refractivity contribution is 8.13. The van der Waals surface area contributed by atoms with Crippen LogP contribution in [0, 0.1) is 0 Å². The van der Waals surface area contributed by atoms with Crippen molar-refractivity contribution in [2.45, 2.75) is 25.5 Å². The summed E-state index contributed by atoms with van der Waals surface area (Å²) in [5, 5.41) is 0.829. The molecule has 126 valence electrons. The molecule has 2 atom stereocenters. The fourth-order valence-corrected chi connectivity index (χ4v) is 3.99. The van der Waals surface area contributed by atoms with E-state index in [1.807, 2.05) is 6.26 Å². The van der Waals surface area contributed by atoms with Crippen molar-refractivity contribution >= 4 is 34.4 Å². The molecule has 1 fully saturated rings. The maximum Gasteiger partial charge on any atom is 0.302 e. The van der Waals surface area contributed by atoms with Crippen LogP contribution >= 0.6 is 11.8 Å². The van der Waals surface area contributed by atoms with Gasteiger partial charge in [-0.25, -0.2) is 4.99 Å². The van der Waals surface area contributed by atoms with Crippen molar-refractivity contribution in [1.82, 2.24) is 4.90 Å². The van der Waals surface area contributed by atoms with E-state index in [-0.39, 0.29) is 30.8 Å². The Bertz CT molecular complexity index is 763. The van der Waals surface area contributed by atoms with Crippen molar-refractivity contribution in [1.29, 1.82) is 0 Å². The topological polar surface area (TPSA) is 77.4 Å². The third-order valence-corrected chi connectivity index (χ3v) is 5.08. The van der Waals surface area contributed by atoms with Gasteiger partial charge in [0.1, 0.15) is 6.10 Å². The number of esters is 1. The number of benzene rings is 1. The number of rotatable bonds is 1. The Morgan fingerprint density at radius 1 is 1.38 bits per heavy atom. The van der Waals surface area contributed by atoms with Gasteiger partial charge in [0.2, 0.25) is 6.79 Å². The van der Waals surface area contributed by atoms with Crippen molar-refractivity contribution in [2.24, 2.45) is 4.99 Å². The predicted octanol–water partition coefficient (Wildman–Crippen LogP) is 1.97. The highest BCUT2D eigenvalue weighted by Gasteiger charge is 2.42. The van der Waals surface area contributed by atoms with Crippen LogP contribution in [0.15, 0.2) is 17.1 Å². The van der Waals surface area contributed by atoms with E-state index in [0.29, 0.717) is 35.7 Å². The fraction of sp³-hybridized carbons (Fsp3) is 0.438. The molecule has 24 heavy (non-hydrogen) atoms. The van der Waals surface area contributed by atoms with Crippen LogP contribution in [0.2, 0.25) is 0 Å². The van der Waals surface area contributed by atoms with Crippen molar-refractivity contribution < 1.29 is 23.8 Å². The van der Waals surface area contributed by atoms with Gasteiger partial charge in [0, 0.05) is 19.4 Å². The largest absolute Gasteiger partial charge is 0.461 e. The van der Waals surface area contributed by atoms with Crippen LogP contribution in [0.4, 0.5) is 5.69 Å². The number of amides is 1. The van der Waals surface area contributed by atoms with Crippen LogP contribution in [-0.2, 0) is 9.53 Å². The first-order valence-electron chi connectivity index (χ1n) is 7.61. The van der Waals surface area contributed by atoms with E-state index in [9.17, 15) is 9.59 Å². The number of hydrogen-bond acceptors (Lipinski definition) is 7. The molecule has 3 heterocycles. The van der Waals surface area contributed by atoms with Gasteiger partial charge in [0.05, 0.1) is 28.9 Å². The second kappa shape index (κ2) is 5.70. The molecule has 0 radical (unpaired) electrons. The number of ether oxygens (including phenoxy) is 3. The first-order valence-corrected chi connectivity index (χ1v) is 8.83. The fourth-order valence-electron chi connectivity index (χ4n) is 3.30. The molecule has 0 spiro atoms. The molecule has 4 rings (SSSR count). The minimum absolute atomic E-state index is 0.129. The van der Waals surface area contributed by atoms with Crippen molar-refractivity contribution in [3.63, 3.8) is 0 Å². The average molecular weight is 348 g/mol. The van der Waals surface area contributed by atoms with Gasteiger partial charge in [0.25, 0.3) is 5.91 Å². The van der Waals surface area contributed by atoms with Crippen molar-refractivity contribution in [2.75, 3.05) is 19.6 Å². The summed E-state index contributed by atoms with van der Waals surface area (Å²) < 4.78 is 16.1. The Kier molecular flexibility index (Phi) is 3.64. The van der Waals surface area contributed by atoms with Crippen LogP contribution in [0.1, 0.15) is 23.7 Å². The molecule has 0 aliphatic carbocycles. The summed E-state index contributed by atoms with van der Waals surface area (Å²) in [5.74, 6) is 0.690. The average Bonchev–Trinajstić information content (AvgIpc) is 3.14. The summed E-state index contributed by atoms with van der Waals surface area (Å²) in [5.41, 5.74) is 1.07. The summed E-state index contributed by atoms with van der Waals surface area (Å²) in [7, 11) is 0. The van der Waals surface area contributed by atoms with Crippen LogP contribution in [0.25, 0.3) is 0 Å². The van der Waals surface area contributed by atoms with Gasteiger partial charge >= 0.3 is 5.97 Å². The Balaban J connectivity index is 1.75. The maximum atomic E-state index is 13.0. The van der Waals surface area contributed by atoms with E-state index in [4.69, 9.17) is 14.2 Å². The molecule has 8 heteroatoms. The number of carbonyl (C=O) groups is 2. The van der Waals surface area contributed by atoms with E-state index in [1.54, 1.807) is 17.0 Å². The SMILES string of the molecule is CSC1=Nc2cc3c(cc2C(=O)N2C[C@H](OC(C)=O)C[C@@H]12)OCO3. The third-order valence-electron chi connectivity index (χ3n) is 4.30. The number of carbonyl (C=O) groups excluding carboxylic acids is 2. The van der Waals surface area contributed by atoms with Gasteiger partial charge in [-0.2, -0.15) is 0 Å². The molecule has 0 N–H and O–H groups in total. The Morgan fingerprint density at radius 2 is 2.12 bits per heavy atom. The van der Waals surface area contributed by atoms with Gasteiger partial charge in [-0.3, -0.25) is 9.59 Å². The maximum absolute atomic E-state index is 13.0. The van der Waals surface area contributed by atoms with E-state index < -0.39 is 0 Å². The molecule has 3 aliphatic rings. The zero-order chi connectivity index (χ0) is 16.8. The van der Waals surface area contributed by atoms with Gasteiger partial charge in [-0.15, -0.1) is 11.8 Å². The highest BCUT2D eigenvalue weighted by Crippen LogP contribution is 2.42. The Morgan fingerprint density at radius 3 is 2.83 bits per heavy atom. The molecule has 3 aliphatic heterocycles. The molecular formula is C16H16N2O5S. The lowest BCUT2D eigenvalue weighted by molar-refractivity contribution is -0.145. The molecule has 0 saturated carbocycles. The van der Waals surface area contributed by atoms with Crippen LogP contribution in [0.5, 0.6) is 11.5 Å². The lowest BCUT2D eigenvalue weighted by Gasteiger charge is -2.22. The zero-order valence-corrected chi connectivity index (χ0v) is 14.1. The number of thioether (sulfide) groups is 1. The van der Waals surface area contributed by atoms with Crippen LogP contribution < -0.4 is 9.47 Å². The minimum Gasteiger partial charge on any atom is -0.461 e. The molecule has 0 aromatic heterocycles. The second-order valence-electron chi connectivity index (χ2n) is 5.82. The smallest absolute Gasteiger partial charge is 0.302 e. The van der Waals surface area contributed by atoms with E-state index in [2.05, 4.69) is 4.99 Å². The number of nitrogens with zero attached hydrogens (tertiary/aromatic N) is 2. The summed E-state index contributed by atoms with van der Waals surface area (Å²) in [6, 6.07) is 3.25. The Hall–Kier alpha value is -2.22. The standard InChI is InChI=1S/C16H16N2O5S/c1-8(19)23-9-3-12-15(24-2)17-11-5-14-13(21-7-22-14)4-10(11)16(20)18(12)6-9/h4-5,9,12H,3,6-7H2,1-2H3/t9-,12+/m1/s1. The summed E-state index contributed by atoms with van der Waals surface area (Å²) in [4.78, 5) is 30.7. The van der Waals surface area contributed by atoms with Crippen molar-refractivity contribution in [3.8, 4) is 11.5 Å². The van der Waals surface area contributed by atoms with Gasteiger partial charge < -0.3 is 19.1 Å². The number of aliphatic imine (C=N–C) groups is 1. The molecule has 1 aromatic rings. The molecule has 1 saturated heterocycles. The van der Waals surface area contributed by atoms with Crippen molar-refractivity contribution in [3.05, 3.63) is 17.7 Å². The van der Waals surface area contributed by atoms with Crippen LogP contribution in [-0.4, -0.2) is 53.6 Å². The quantitative estimate of drug-likeness (QED) is 0.722. The first-order chi connectivity index (χ1) is 11.6. The molecule has 0 unspecified atom stereocenters. The molecule has 1 aromatic carbocycles. The predicted molar refractivity (Wildman–Crippen MR) is 88.2 cm³/mol. The monoisotopic (exact) mass is 348 g/mol. The third kappa shape index (κ3) is 2.41. The highest BCUT2D eigenvalue weighted by atomic mass is 32.2. The minimum atomic E-state index is -0.337. The molecule has 7 nitrogen and oxygen atoms in total. The normalized spacial score (nSPS) is 24.2. The van der Waals surface area contributed by atoms with E-state index in [0.717, 1.165) is 5.04 Å². The molecule has 0 bridgehead atoms. The second-order valence-corrected chi connectivity index (χ2v) is 6.64. The van der Waals surface area contributed by atoms with Gasteiger partial charge in [-0.05, 0) is 12.3 Å². The van der Waals surface area contributed by atoms with E-state index >= 15 is 0 Å². The summed E-state index contributed by atoms with van der Waals surface area (Å²) >= 11 is 1.50. The zero-order valence-electron chi connectivity index (χ0n) is 13.3. The van der Waals surface area contributed by atoms with Crippen LogP contribution in [0.3, 0.4) is 0 Å². The lowest BCUT2D eigenvalue weighted by Crippen LogP contribution is -2.38. The van der Waals surface area contributed by atoms with E-state index in [1.165, 1.54) is 18.7 Å². The first kappa shape index (κ1) is 15.3. The number of hydrogen-bond donors (Lipinski definition) is 0. The summed E-state index contributed by atoms with van der Waals surface area (Å²) in [6.45, 7) is 1.90. The molecule has 1 amide bonds. The van der Waals surface area contributed by atoms with Gasteiger partial charge in [-0.1, -0.05) is 0 Å². The lowest BCUT2D eigenvalue weighted by atomic mass is 10.1. The molecular weight excluding hydrogens is 332 g/mol. The Labute approximate surface area is 143 Å².